The van der Waals surface area contributed by atoms with Crippen LogP contribution in [0.3, 0.4) is 0 Å². The Morgan fingerprint density at radius 3 is 2.75 bits per heavy atom. The first-order valence-electron chi connectivity index (χ1n) is 5.56. The highest BCUT2D eigenvalue weighted by Crippen LogP contribution is 2.17. The van der Waals surface area contributed by atoms with Crippen LogP contribution >= 0.6 is 11.3 Å². The van der Waals surface area contributed by atoms with E-state index in [1.54, 1.807) is 11.3 Å². The molecular weight excluding hydrogens is 216 g/mol. The molecule has 3 heteroatoms. The molecule has 0 amide bonds. The van der Waals surface area contributed by atoms with Gasteiger partial charge in [0.1, 0.15) is 0 Å². The lowest BCUT2D eigenvalue weighted by Crippen LogP contribution is -2.19. The van der Waals surface area contributed by atoms with Crippen molar-refractivity contribution >= 4 is 11.3 Å². The molecule has 0 radical (unpaired) electrons. The van der Waals surface area contributed by atoms with Crippen molar-refractivity contribution in [2.75, 3.05) is 0 Å². The molecule has 0 saturated carbocycles. The fourth-order valence-corrected chi connectivity index (χ4v) is 2.28. The molecular formula is C13H16N2S. The second-order valence-electron chi connectivity index (χ2n) is 3.72. The molecule has 2 nitrogen and oxygen atoms in total. The fourth-order valence-electron chi connectivity index (χ4n) is 1.74. The molecule has 2 rings (SSSR count). The van der Waals surface area contributed by atoms with Crippen LogP contribution in [0.15, 0.2) is 42.0 Å². The zero-order valence-electron chi connectivity index (χ0n) is 9.39. The van der Waals surface area contributed by atoms with Crippen LogP contribution in [-0.4, -0.2) is 4.98 Å². The van der Waals surface area contributed by atoms with Crippen molar-refractivity contribution < 1.29 is 0 Å². The summed E-state index contributed by atoms with van der Waals surface area (Å²) < 4.78 is 0. The van der Waals surface area contributed by atoms with Gasteiger partial charge in [-0.15, -0.1) is 11.3 Å². The van der Waals surface area contributed by atoms with Crippen molar-refractivity contribution in [3.63, 3.8) is 0 Å². The third-order valence-corrected chi connectivity index (χ3v) is 3.40. The van der Waals surface area contributed by atoms with Gasteiger partial charge in [-0.05, 0) is 12.0 Å². The summed E-state index contributed by atoms with van der Waals surface area (Å²) in [4.78, 5) is 5.36. The highest BCUT2D eigenvalue weighted by atomic mass is 32.1. The average molecular weight is 232 g/mol. The van der Waals surface area contributed by atoms with Gasteiger partial charge in [0.05, 0.1) is 5.51 Å². The molecule has 16 heavy (non-hydrogen) atoms. The third-order valence-electron chi connectivity index (χ3n) is 2.62. The van der Waals surface area contributed by atoms with Crippen LogP contribution in [0, 0.1) is 0 Å². The number of benzene rings is 1. The monoisotopic (exact) mass is 232 g/mol. The Kier molecular flexibility index (Phi) is 4.08. The van der Waals surface area contributed by atoms with Crippen molar-refractivity contribution in [1.82, 2.24) is 10.3 Å². The Labute approximate surface area is 100 Å². The molecule has 0 saturated heterocycles. The van der Waals surface area contributed by atoms with Crippen molar-refractivity contribution in [3.8, 4) is 0 Å². The number of nitrogens with one attached hydrogen (secondary N) is 1. The number of hydrogen-bond acceptors (Lipinski definition) is 3. The minimum absolute atomic E-state index is 0.434. The molecule has 1 N–H and O–H groups in total. The number of hydrogen-bond donors (Lipinski definition) is 1. The number of nitrogens with zero attached hydrogens (tertiary/aromatic N) is 1. The average Bonchev–Trinajstić information content (AvgIpc) is 2.84. The van der Waals surface area contributed by atoms with E-state index in [9.17, 15) is 0 Å². The fraction of sp³-hybridized carbons (Fsp3) is 0.308. The van der Waals surface area contributed by atoms with Crippen LogP contribution in [0.5, 0.6) is 0 Å². The second kappa shape index (κ2) is 5.77. The summed E-state index contributed by atoms with van der Waals surface area (Å²) in [6.07, 6.45) is 3.03. The maximum atomic E-state index is 4.08. The Morgan fingerprint density at radius 2 is 2.12 bits per heavy atom. The van der Waals surface area contributed by atoms with Gasteiger partial charge in [0.15, 0.2) is 0 Å². The quantitative estimate of drug-likeness (QED) is 0.854. The van der Waals surface area contributed by atoms with Crippen LogP contribution < -0.4 is 5.32 Å². The van der Waals surface area contributed by atoms with E-state index in [0.29, 0.717) is 6.04 Å². The first-order chi connectivity index (χ1) is 7.90. The largest absolute Gasteiger partial charge is 0.305 e. The van der Waals surface area contributed by atoms with Crippen LogP contribution in [0.2, 0.25) is 0 Å². The Hall–Kier alpha value is -1.19. The molecule has 1 aromatic heterocycles. The van der Waals surface area contributed by atoms with Crippen molar-refractivity contribution in [2.24, 2.45) is 0 Å². The normalized spacial score (nSPS) is 12.6. The van der Waals surface area contributed by atoms with Gasteiger partial charge in [0.25, 0.3) is 0 Å². The van der Waals surface area contributed by atoms with Crippen LogP contribution in [0.25, 0.3) is 0 Å². The zero-order valence-corrected chi connectivity index (χ0v) is 10.2. The molecule has 0 bridgehead atoms. The highest BCUT2D eigenvalue weighted by Gasteiger charge is 2.07. The molecule has 2 aromatic rings. The Balaban J connectivity index is 1.96. The summed E-state index contributed by atoms with van der Waals surface area (Å²) in [6, 6.07) is 11.0. The summed E-state index contributed by atoms with van der Waals surface area (Å²) in [5, 5.41) is 3.56. The second-order valence-corrected chi connectivity index (χ2v) is 4.69. The maximum Gasteiger partial charge on any atom is 0.0794 e. The smallest absolute Gasteiger partial charge is 0.0794 e. The predicted octanol–water partition coefficient (Wildman–Crippen LogP) is 3.38. The maximum absolute atomic E-state index is 4.08. The Bertz CT molecular complexity index is 397. The number of rotatable bonds is 5. The van der Waals surface area contributed by atoms with E-state index in [0.717, 1.165) is 13.0 Å². The number of thiazole rings is 1. The molecule has 0 spiro atoms. The summed E-state index contributed by atoms with van der Waals surface area (Å²) in [5.74, 6) is 0. The van der Waals surface area contributed by atoms with Crippen molar-refractivity contribution in [3.05, 3.63) is 52.5 Å². The Morgan fingerprint density at radius 1 is 1.31 bits per heavy atom. The molecule has 1 atom stereocenters. The molecule has 1 heterocycles. The van der Waals surface area contributed by atoms with Gasteiger partial charge < -0.3 is 5.32 Å². The lowest BCUT2D eigenvalue weighted by Gasteiger charge is -2.16. The van der Waals surface area contributed by atoms with Gasteiger partial charge in [0.2, 0.25) is 0 Å². The summed E-state index contributed by atoms with van der Waals surface area (Å²) in [5.41, 5.74) is 3.23. The molecule has 84 valence electrons. The van der Waals surface area contributed by atoms with Crippen molar-refractivity contribution in [1.29, 1.82) is 0 Å². The lowest BCUT2D eigenvalue weighted by atomic mass is 10.0. The topological polar surface area (TPSA) is 24.9 Å². The van der Waals surface area contributed by atoms with E-state index < -0.39 is 0 Å². The minimum Gasteiger partial charge on any atom is -0.305 e. The van der Waals surface area contributed by atoms with Crippen LogP contribution in [0.1, 0.15) is 29.8 Å². The first-order valence-corrected chi connectivity index (χ1v) is 6.44. The van der Waals surface area contributed by atoms with Gasteiger partial charge in [0, 0.05) is 23.7 Å². The molecule has 0 fully saturated rings. The summed E-state index contributed by atoms with van der Waals surface area (Å²) in [7, 11) is 0. The van der Waals surface area contributed by atoms with Gasteiger partial charge in [-0.1, -0.05) is 37.3 Å². The van der Waals surface area contributed by atoms with E-state index in [4.69, 9.17) is 0 Å². The van der Waals surface area contributed by atoms with Gasteiger partial charge in [-0.2, -0.15) is 0 Å². The first kappa shape index (κ1) is 11.3. The molecule has 0 aliphatic carbocycles. The van der Waals surface area contributed by atoms with Crippen molar-refractivity contribution in [2.45, 2.75) is 25.9 Å². The minimum atomic E-state index is 0.434. The standard InChI is InChI=1S/C13H16N2S/c1-2-13(11-6-4-3-5-7-11)15-9-12-8-14-10-16-12/h3-8,10,13,15H,2,9H2,1H3. The van der Waals surface area contributed by atoms with Gasteiger partial charge in [-0.3, -0.25) is 4.98 Å². The van der Waals surface area contributed by atoms with E-state index in [1.165, 1.54) is 10.4 Å². The van der Waals surface area contributed by atoms with Crippen LogP contribution in [-0.2, 0) is 6.54 Å². The van der Waals surface area contributed by atoms with E-state index in [-0.39, 0.29) is 0 Å². The SMILES string of the molecule is CCC(NCc1cncs1)c1ccccc1. The summed E-state index contributed by atoms with van der Waals surface area (Å²) in [6.45, 7) is 3.11. The zero-order chi connectivity index (χ0) is 11.2. The molecule has 1 unspecified atom stereocenters. The third kappa shape index (κ3) is 2.90. The van der Waals surface area contributed by atoms with Gasteiger partial charge in [-0.25, -0.2) is 0 Å². The van der Waals surface area contributed by atoms with Crippen LogP contribution in [0.4, 0.5) is 0 Å². The molecule has 1 aromatic carbocycles. The van der Waals surface area contributed by atoms with E-state index in [1.807, 2.05) is 11.7 Å². The van der Waals surface area contributed by atoms with Gasteiger partial charge >= 0.3 is 0 Å². The molecule has 0 aliphatic heterocycles. The number of aromatic nitrogens is 1. The summed E-state index contributed by atoms with van der Waals surface area (Å²) >= 11 is 1.70. The lowest BCUT2D eigenvalue weighted by molar-refractivity contribution is 0.521. The predicted molar refractivity (Wildman–Crippen MR) is 68.4 cm³/mol. The van der Waals surface area contributed by atoms with E-state index in [2.05, 4.69) is 47.6 Å². The molecule has 0 aliphatic rings. The van der Waals surface area contributed by atoms with E-state index >= 15 is 0 Å². The highest BCUT2D eigenvalue weighted by molar-refractivity contribution is 7.09.